The van der Waals surface area contributed by atoms with Crippen LogP contribution in [0.2, 0.25) is 0 Å². The fourth-order valence-corrected chi connectivity index (χ4v) is 1.64. The SMILES string of the molecule is CSNC(C)c1cccc([N+](=O)[O-])c1. The highest BCUT2D eigenvalue weighted by Gasteiger charge is 2.09. The summed E-state index contributed by atoms with van der Waals surface area (Å²) in [6, 6.07) is 6.78. The molecule has 1 N–H and O–H groups in total. The van der Waals surface area contributed by atoms with Crippen molar-refractivity contribution in [2.75, 3.05) is 6.26 Å². The smallest absolute Gasteiger partial charge is 0.258 e. The van der Waals surface area contributed by atoms with E-state index in [4.69, 9.17) is 0 Å². The molecule has 0 spiro atoms. The van der Waals surface area contributed by atoms with Crippen molar-refractivity contribution in [3.05, 3.63) is 39.9 Å². The summed E-state index contributed by atoms with van der Waals surface area (Å²) in [4.78, 5) is 10.1. The first kappa shape index (κ1) is 11.0. The highest BCUT2D eigenvalue weighted by atomic mass is 32.2. The van der Waals surface area contributed by atoms with Crippen LogP contribution >= 0.6 is 11.9 Å². The minimum Gasteiger partial charge on any atom is -0.258 e. The van der Waals surface area contributed by atoms with Crippen molar-refractivity contribution in [2.45, 2.75) is 13.0 Å². The summed E-state index contributed by atoms with van der Waals surface area (Å²) >= 11 is 1.50. The lowest BCUT2D eigenvalue weighted by atomic mass is 10.1. The van der Waals surface area contributed by atoms with E-state index in [0.29, 0.717) is 0 Å². The molecule has 0 aromatic heterocycles. The van der Waals surface area contributed by atoms with E-state index in [0.717, 1.165) is 5.56 Å². The first-order chi connectivity index (χ1) is 6.65. The zero-order valence-electron chi connectivity index (χ0n) is 8.06. The van der Waals surface area contributed by atoms with Crippen molar-refractivity contribution < 1.29 is 4.92 Å². The lowest BCUT2D eigenvalue weighted by Gasteiger charge is -2.10. The van der Waals surface area contributed by atoms with Crippen LogP contribution in [-0.4, -0.2) is 11.2 Å². The van der Waals surface area contributed by atoms with Gasteiger partial charge in [0.2, 0.25) is 0 Å². The third-order valence-electron chi connectivity index (χ3n) is 1.88. The molecule has 76 valence electrons. The topological polar surface area (TPSA) is 55.2 Å². The van der Waals surface area contributed by atoms with Gasteiger partial charge in [0.25, 0.3) is 5.69 Å². The van der Waals surface area contributed by atoms with E-state index in [1.165, 1.54) is 18.0 Å². The molecule has 14 heavy (non-hydrogen) atoms. The number of rotatable bonds is 4. The van der Waals surface area contributed by atoms with Gasteiger partial charge in [0.15, 0.2) is 0 Å². The second-order valence-electron chi connectivity index (χ2n) is 2.90. The molecule has 0 amide bonds. The van der Waals surface area contributed by atoms with E-state index in [1.807, 2.05) is 19.2 Å². The van der Waals surface area contributed by atoms with Crippen LogP contribution < -0.4 is 4.72 Å². The quantitative estimate of drug-likeness (QED) is 0.473. The monoisotopic (exact) mass is 212 g/mol. The lowest BCUT2D eigenvalue weighted by Crippen LogP contribution is -2.09. The highest BCUT2D eigenvalue weighted by molar-refractivity contribution is 7.96. The van der Waals surface area contributed by atoms with Gasteiger partial charge in [-0.3, -0.25) is 14.8 Å². The zero-order valence-corrected chi connectivity index (χ0v) is 8.88. The fourth-order valence-electron chi connectivity index (χ4n) is 1.15. The molecule has 1 atom stereocenters. The minimum absolute atomic E-state index is 0.116. The molecule has 1 rings (SSSR count). The van der Waals surface area contributed by atoms with E-state index in [-0.39, 0.29) is 16.7 Å². The second-order valence-corrected chi connectivity index (χ2v) is 3.54. The normalized spacial score (nSPS) is 12.4. The maximum absolute atomic E-state index is 10.5. The molecule has 0 heterocycles. The number of hydrogen-bond donors (Lipinski definition) is 1. The summed E-state index contributed by atoms with van der Waals surface area (Å²) in [5, 5.41) is 10.5. The van der Waals surface area contributed by atoms with Crippen molar-refractivity contribution in [1.82, 2.24) is 4.72 Å². The Balaban J connectivity index is 2.87. The van der Waals surface area contributed by atoms with Gasteiger partial charge in [-0.1, -0.05) is 24.1 Å². The minimum atomic E-state index is -0.380. The molecule has 0 aliphatic carbocycles. The molecule has 0 aliphatic rings. The average Bonchev–Trinajstić information content (AvgIpc) is 2.18. The van der Waals surface area contributed by atoms with E-state index in [9.17, 15) is 10.1 Å². The average molecular weight is 212 g/mol. The Labute approximate surface area is 87.0 Å². The van der Waals surface area contributed by atoms with Crippen molar-refractivity contribution in [3.63, 3.8) is 0 Å². The van der Waals surface area contributed by atoms with Gasteiger partial charge in [-0.15, -0.1) is 0 Å². The number of non-ortho nitro benzene ring substituents is 1. The van der Waals surface area contributed by atoms with E-state index < -0.39 is 0 Å². The molecule has 5 heteroatoms. The van der Waals surface area contributed by atoms with Crippen molar-refractivity contribution in [1.29, 1.82) is 0 Å². The Morgan fingerprint density at radius 3 is 2.86 bits per heavy atom. The summed E-state index contributed by atoms with van der Waals surface area (Å²) < 4.78 is 3.12. The number of benzene rings is 1. The summed E-state index contributed by atoms with van der Waals surface area (Å²) in [6.07, 6.45) is 1.92. The third kappa shape index (κ3) is 2.71. The highest BCUT2D eigenvalue weighted by Crippen LogP contribution is 2.19. The van der Waals surface area contributed by atoms with Gasteiger partial charge in [0.05, 0.1) is 4.92 Å². The molecule has 0 aliphatic heterocycles. The van der Waals surface area contributed by atoms with E-state index in [1.54, 1.807) is 12.1 Å². The molecule has 0 radical (unpaired) electrons. The van der Waals surface area contributed by atoms with Crippen molar-refractivity contribution in [3.8, 4) is 0 Å². The first-order valence-electron chi connectivity index (χ1n) is 4.18. The van der Waals surface area contributed by atoms with Crippen LogP contribution in [0.5, 0.6) is 0 Å². The standard InChI is InChI=1S/C9H12N2O2S/c1-7(10-14-2)8-4-3-5-9(6-8)11(12)13/h3-7,10H,1-2H3. The summed E-state index contributed by atoms with van der Waals surface area (Å²) in [5.41, 5.74) is 1.06. The Bertz CT molecular complexity index is 330. The van der Waals surface area contributed by atoms with Gasteiger partial charge < -0.3 is 0 Å². The summed E-state index contributed by atoms with van der Waals surface area (Å²) in [5.74, 6) is 0. The predicted octanol–water partition coefficient (Wildman–Crippen LogP) is 2.52. The van der Waals surface area contributed by atoms with E-state index >= 15 is 0 Å². The Morgan fingerprint density at radius 2 is 2.29 bits per heavy atom. The molecular formula is C9H12N2O2S. The molecule has 4 nitrogen and oxygen atoms in total. The molecule has 0 saturated carbocycles. The van der Waals surface area contributed by atoms with Crippen LogP contribution in [0.15, 0.2) is 24.3 Å². The van der Waals surface area contributed by atoms with Crippen LogP contribution in [0, 0.1) is 10.1 Å². The molecular weight excluding hydrogens is 200 g/mol. The van der Waals surface area contributed by atoms with Crippen LogP contribution in [0.1, 0.15) is 18.5 Å². The number of nitro groups is 1. The Morgan fingerprint density at radius 1 is 1.57 bits per heavy atom. The summed E-state index contributed by atoms with van der Waals surface area (Å²) in [7, 11) is 0. The second kappa shape index (κ2) is 4.97. The number of hydrogen-bond acceptors (Lipinski definition) is 4. The van der Waals surface area contributed by atoms with Crippen LogP contribution in [0.3, 0.4) is 0 Å². The predicted molar refractivity (Wildman–Crippen MR) is 58.2 cm³/mol. The number of nitrogens with zero attached hydrogens (tertiary/aromatic N) is 1. The molecule has 0 saturated heterocycles. The summed E-state index contributed by atoms with van der Waals surface area (Å²) in [6.45, 7) is 1.97. The molecule has 1 aromatic rings. The van der Waals surface area contributed by atoms with Gasteiger partial charge in [-0.2, -0.15) is 0 Å². The molecule has 0 bridgehead atoms. The van der Waals surface area contributed by atoms with Gasteiger partial charge in [0.1, 0.15) is 0 Å². The number of nitro benzene ring substituents is 1. The van der Waals surface area contributed by atoms with Crippen LogP contribution in [-0.2, 0) is 0 Å². The van der Waals surface area contributed by atoms with Gasteiger partial charge in [0, 0.05) is 18.2 Å². The molecule has 1 unspecified atom stereocenters. The van der Waals surface area contributed by atoms with Crippen LogP contribution in [0.4, 0.5) is 5.69 Å². The molecule has 1 aromatic carbocycles. The molecule has 0 fully saturated rings. The zero-order chi connectivity index (χ0) is 10.6. The maximum atomic E-state index is 10.5. The van der Waals surface area contributed by atoms with Gasteiger partial charge in [-0.05, 0) is 18.7 Å². The van der Waals surface area contributed by atoms with Gasteiger partial charge in [-0.25, -0.2) is 0 Å². The van der Waals surface area contributed by atoms with Gasteiger partial charge >= 0.3 is 0 Å². The maximum Gasteiger partial charge on any atom is 0.269 e. The Kier molecular flexibility index (Phi) is 3.91. The Hall–Kier alpha value is -1.07. The number of nitrogens with one attached hydrogen (secondary N) is 1. The lowest BCUT2D eigenvalue weighted by molar-refractivity contribution is -0.384. The van der Waals surface area contributed by atoms with Crippen LogP contribution in [0.25, 0.3) is 0 Å². The third-order valence-corrected chi connectivity index (χ3v) is 2.46. The fraction of sp³-hybridized carbons (Fsp3) is 0.333. The van der Waals surface area contributed by atoms with E-state index in [2.05, 4.69) is 4.72 Å². The van der Waals surface area contributed by atoms with Crippen molar-refractivity contribution in [2.24, 2.45) is 0 Å². The first-order valence-corrected chi connectivity index (χ1v) is 5.40. The largest absolute Gasteiger partial charge is 0.269 e. The van der Waals surface area contributed by atoms with Crippen molar-refractivity contribution >= 4 is 17.6 Å².